The first kappa shape index (κ1) is 34.5. The largest absolute Gasteiger partial charge is 0.497 e. The van der Waals surface area contributed by atoms with Gasteiger partial charge in [-0.25, -0.2) is 0 Å². The number of piperidine rings is 1. The minimum absolute atomic E-state index is 0.175. The maximum Gasteiger partial charge on any atom is 0.254 e. The number of carbonyl (C=O) groups excluding carboxylic acids is 2. The van der Waals surface area contributed by atoms with Gasteiger partial charge in [0.1, 0.15) is 11.8 Å². The summed E-state index contributed by atoms with van der Waals surface area (Å²) >= 11 is 0. The number of hydrogen-bond acceptors (Lipinski definition) is 4. The van der Waals surface area contributed by atoms with Gasteiger partial charge in [-0.3, -0.25) is 9.59 Å². The molecule has 0 radical (unpaired) electrons. The molecule has 1 aliphatic rings. The molecule has 1 aliphatic heterocycles. The Morgan fingerprint density at radius 1 is 0.911 bits per heavy atom. The van der Waals surface area contributed by atoms with Crippen LogP contribution in [0.3, 0.4) is 0 Å². The van der Waals surface area contributed by atoms with Crippen molar-refractivity contribution in [3.8, 4) is 16.9 Å². The van der Waals surface area contributed by atoms with Crippen LogP contribution in [0.25, 0.3) is 11.1 Å². The maximum absolute atomic E-state index is 14.5. The molecule has 3 aromatic rings. The summed E-state index contributed by atoms with van der Waals surface area (Å²) in [4.78, 5) is 29.5. The molecule has 6 nitrogen and oxygen atoms in total. The van der Waals surface area contributed by atoms with Crippen LogP contribution in [0.15, 0.2) is 78.9 Å². The van der Waals surface area contributed by atoms with Gasteiger partial charge < -0.3 is 20.7 Å². The van der Waals surface area contributed by atoms with Gasteiger partial charge in [0.2, 0.25) is 5.91 Å². The maximum atomic E-state index is 14.5. The van der Waals surface area contributed by atoms with Crippen LogP contribution >= 0.6 is 0 Å². The second-order valence-electron chi connectivity index (χ2n) is 14.9. The summed E-state index contributed by atoms with van der Waals surface area (Å²) in [5.74, 6) is 0.0931. The van der Waals surface area contributed by atoms with E-state index in [1.165, 1.54) is 18.9 Å². The normalized spacial score (nSPS) is 17.0. The highest BCUT2D eigenvalue weighted by Gasteiger charge is 2.44. The van der Waals surface area contributed by atoms with Gasteiger partial charge in [0.15, 0.2) is 0 Å². The first-order chi connectivity index (χ1) is 21.2. The molecule has 0 bridgehead atoms. The first-order valence-corrected chi connectivity index (χ1v) is 19.9. The van der Waals surface area contributed by atoms with Crippen LogP contribution in [-0.4, -0.2) is 54.2 Å². The molecule has 0 aliphatic carbocycles. The number of carbonyl (C=O) groups is 2. The number of benzene rings is 3. The molecule has 3 aromatic carbocycles. The summed E-state index contributed by atoms with van der Waals surface area (Å²) < 4.78 is 6.19. The molecule has 7 heteroatoms. The molecule has 0 spiro atoms. The lowest BCUT2D eigenvalue weighted by Crippen LogP contribution is -2.65. The van der Waals surface area contributed by atoms with Crippen molar-refractivity contribution < 1.29 is 14.3 Å². The van der Waals surface area contributed by atoms with Crippen molar-refractivity contribution in [1.29, 1.82) is 0 Å². The van der Waals surface area contributed by atoms with Gasteiger partial charge in [-0.15, -0.1) is 0 Å². The molecule has 1 atom stereocenters. The minimum Gasteiger partial charge on any atom is -0.497 e. The molecule has 0 saturated carbocycles. The van der Waals surface area contributed by atoms with E-state index >= 15 is 0 Å². The molecule has 0 unspecified atom stereocenters. The van der Waals surface area contributed by atoms with Gasteiger partial charge in [-0.2, -0.15) is 0 Å². The van der Waals surface area contributed by atoms with Crippen LogP contribution in [-0.2, 0) is 11.2 Å². The van der Waals surface area contributed by atoms with E-state index in [-0.39, 0.29) is 23.0 Å². The Kier molecular flexibility index (Phi) is 11.0. The van der Waals surface area contributed by atoms with Crippen molar-refractivity contribution in [3.63, 3.8) is 0 Å². The van der Waals surface area contributed by atoms with Crippen molar-refractivity contribution in [2.45, 2.75) is 109 Å². The number of nitrogens with zero attached hydrogens (tertiary/aromatic N) is 1. The van der Waals surface area contributed by atoms with Crippen molar-refractivity contribution in [3.05, 3.63) is 90.0 Å². The van der Waals surface area contributed by atoms with Crippen LogP contribution in [0, 0.1) is 0 Å². The number of nitrogens with one attached hydrogen (secondary N) is 1. The second kappa shape index (κ2) is 14.3. The quantitative estimate of drug-likeness (QED) is 0.191. The molecule has 1 saturated heterocycles. The first-order valence-electron chi connectivity index (χ1n) is 16.5. The molecule has 1 fully saturated rings. The smallest absolute Gasteiger partial charge is 0.254 e. The Balaban J connectivity index is 1.62. The van der Waals surface area contributed by atoms with E-state index in [0.29, 0.717) is 24.8 Å². The molecular weight excluding hydrogens is 575 g/mol. The summed E-state index contributed by atoms with van der Waals surface area (Å²) in [7, 11) is -1.45. The fourth-order valence-corrected chi connectivity index (χ4v) is 8.91. The third-order valence-electron chi connectivity index (χ3n) is 8.89. The van der Waals surface area contributed by atoms with Gasteiger partial charge in [-0.05, 0) is 81.5 Å². The van der Waals surface area contributed by atoms with Crippen molar-refractivity contribution in [1.82, 2.24) is 10.2 Å². The van der Waals surface area contributed by atoms with Crippen molar-refractivity contribution in [2.75, 3.05) is 6.23 Å². The highest BCUT2D eigenvalue weighted by Crippen LogP contribution is 2.34. The lowest BCUT2D eigenvalue weighted by Gasteiger charge is -2.51. The summed E-state index contributed by atoms with van der Waals surface area (Å²) in [6.45, 7) is 15.6. The SMILES string of the molecule is CCCC[Si](C)(C)COc1ccc(C(=O)N(C2CC(C)(C)NC(C)(C)C2)[C@@H](Cc2ccc(-c3ccccc3)cc2)C(N)=O)cc1. The van der Waals surface area contributed by atoms with Crippen LogP contribution < -0.4 is 15.8 Å². The third-order valence-corrected chi connectivity index (χ3v) is 11.5. The summed E-state index contributed by atoms with van der Waals surface area (Å²) in [5.41, 5.74) is 9.41. The molecule has 2 amide bonds. The molecule has 3 N–H and O–H groups in total. The molecule has 4 rings (SSSR count). The fourth-order valence-electron chi connectivity index (χ4n) is 6.90. The van der Waals surface area contributed by atoms with Crippen LogP contribution in [0.2, 0.25) is 19.1 Å². The van der Waals surface area contributed by atoms with E-state index in [2.05, 4.69) is 77.3 Å². The van der Waals surface area contributed by atoms with Gasteiger partial charge in [0.25, 0.3) is 5.91 Å². The van der Waals surface area contributed by atoms with Crippen LogP contribution in [0.4, 0.5) is 0 Å². The number of unbranched alkanes of at least 4 members (excludes halogenated alkanes) is 1. The molecule has 0 aromatic heterocycles. The number of hydrogen-bond donors (Lipinski definition) is 2. The Morgan fingerprint density at radius 2 is 1.49 bits per heavy atom. The predicted molar refractivity (Wildman–Crippen MR) is 188 cm³/mol. The van der Waals surface area contributed by atoms with Gasteiger partial charge in [-0.1, -0.05) is 93.5 Å². The summed E-state index contributed by atoms with van der Waals surface area (Å²) in [5, 5.41) is 3.71. The Labute approximate surface area is 271 Å². The number of ether oxygens (including phenoxy) is 1. The summed E-state index contributed by atoms with van der Waals surface area (Å²) in [6.07, 6.45) is 4.93. The number of amides is 2. The molecule has 242 valence electrons. The fraction of sp³-hybridized carbons (Fsp3) is 0.474. The predicted octanol–water partition coefficient (Wildman–Crippen LogP) is 7.63. The van der Waals surface area contributed by atoms with Crippen LogP contribution in [0.1, 0.15) is 76.2 Å². The summed E-state index contributed by atoms with van der Waals surface area (Å²) in [6, 6.07) is 26.1. The topological polar surface area (TPSA) is 84.7 Å². The highest BCUT2D eigenvalue weighted by atomic mass is 28.3. The second-order valence-corrected chi connectivity index (χ2v) is 20.1. The Morgan fingerprint density at radius 3 is 2.04 bits per heavy atom. The van der Waals surface area contributed by atoms with Gasteiger partial charge in [0.05, 0.1) is 14.3 Å². The van der Waals surface area contributed by atoms with E-state index in [1.807, 2.05) is 54.6 Å². The Bertz CT molecular complexity index is 1400. The zero-order chi connectivity index (χ0) is 32.8. The lowest BCUT2D eigenvalue weighted by atomic mass is 9.78. The van der Waals surface area contributed by atoms with E-state index in [1.54, 1.807) is 4.90 Å². The van der Waals surface area contributed by atoms with Crippen molar-refractivity contribution >= 4 is 19.9 Å². The minimum atomic E-state index is -1.45. The van der Waals surface area contributed by atoms with E-state index in [0.717, 1.165) is 28.7 Å². The third kappa shape index (κ3) is 9.54. The van der Waals surface area contributed by atoms with Gasteiger partial charge >= 0.3 is 0 Å². The van der Waals surface area contributed by atoms with Crippen LogP contribution in [0.5, 0.6) is 5.75 Å². The van der Waals surface area contributed by atoms with E-state index in [9.17, 15) is 9.59 Å². The number of rotatable bonds is 13. The van der Waals surface area contributed by atoms with Crippen molar-refractivity contribution in [2.24, 2.45) is 5.73 Å². The standard InChI is InChI=1S/C38H53N3O3Si/c1-8-9-23-45(6,7)27-44-33-21-19-31(20-22-33)36(43)41(32-25-37(2,3)40-38(4,5)26-32)34(35(39)42)24-28-15-17-30(18-16-28)29-13-11-10-12-14-29/h10-22,32,34,40H,8-9,23-27H2,1-7H3,(H2,39,42)/t34-/m0/s1. The van der Waals surface area contributed by atoms with Gasteiger partial charge in [0, 0.05) is 29.1 Å². The monoisotopic (exact) mass is 627 g/mol. The zero-order valence-electron chi connectivity index (χ0n) is 28.4. The average Bonchev–Trinajstić information content (AvgIpc) is 2.98. The average molecular weight is 628 g/mol. The highest BCUT2D eigenvalue weighted by molar-refractivity contribution is 6.77. The molecule has 1 heterocycles. The number of primary amides is 1. The molecular formula is C38H53N3O3Si. The molecule has 45 heavy (non-hydrogen) atoms. The zero-order valence-corrected chi connectivity index (χ0v) is 29.4. The lowest BCUT2D eigenvalue weighted by molar-refractivity contribution is -0.123. The van der Waals surface area contributed by atoms with E-state index in [4.69, 9.17) is 10.5 Å². The number of nitrogens with two attached hydrogens (primary N) is 1. The Hall–Kier alpha value is -3.42. The van der Waals surface area contributed by atoms with E-state index < -0.39 is 20.0 Å².